The van der Waals surface area contributed by atoms with E-state index in [1.54, 1.807) is 25.3 Å². The molecule has 176 valence electrons. The van der Waals surface area contributed by atoms with Gasteiger partial charge in [-0.25, -0.2) is 8.78 Å². The minimum atomic E-state index is -1.02. The number of aromatic amines is 1. The molecular weight excluding hydrogens is 454 g/mol. The van der Waals surface area contributed by atoms with Crippen LogP contribution in [0, 0.1) is 25.5 Å². The number of rotatable bonds is 5. The highest BCUT2D eigenvalue weighted by Gasteiger charge is 2.21. The Labute approximate surface area is 198 Å². The molecule has 0 aliphatic carbocycles. The van der Waals surface area contributed by atoms with Crippen molar-refractivity contribution in [2.75, 3.05) is 5.32 Å². The summed E-state index contributed by atoms with van der Waals surface area (Å²) in [6.07, 6.45) is 1.62. The normalized spacial score (nSPS) is 12.1. The maximum absolute atomic E-state index is 13.9. The van der Waals surface area contributed by atoms with Crippen molar-refractivity contribution < 1.29 is 13.2 Å². The summed E-state index contributed by atoms with van der Waals surface area (Å²) in [5.74, 6) is -1.48. The SMILES string of the molecule is Cc1cc([C@@H](C)Nc2cccnc2-c2nn[nH]n2)c2oc(-c3ccc(F)c(F)c3)c(C)c(=O)c2c1. The van der Waals surface area contributed by atoms with Gasteiger partial charge in [-0.1, -0.05) is 6.07 Å². The van der Waals surface area contributed by atoms with Gasteiger partial charge in [0.15, 0.2) is 17.1 Å². The second-order valence-corrected chi connectivity index (χ2v) is 8.25. The van der Waals surface area contributed by atoms with E-state index in [9.17, 15) is 13.6 Å². The van der Waals surface area contributed by atoms with Gasteiger partial charge in [0.25, 0.3) is 0 Å². The van der Waals surface area contributed by atoms with Gasteiger partial charge in [-0.15, -0.1) is 10.2 Å². The summed E-state index contributed by atoms with van der Waals surface area (Å²) in [5.41, 5.74) is 3.46. The minimum Gasteiger partial charge on any atom is -0.455 e. The number of aromatic nitrogens is 5. The zero-order chi connectivity index (χ0) is 24.7. The van der Waals surface area contributed by atoms with E-state index in [1.165, 1.54) is 6.07 Å². The zero-order valence-corrected chi connectivity index (χ0v) is 19.1. The van der Waals surface area contributed by atoms with E-state index in [4.69, 9.17) is 4.42 Å². The van der Waals surface area contributed by atoms with Crippen LogP contribution in [-0.4, -0.2) is 25.6 Å². The van der Waals surface area contributed by atoms with Crippen LogP contribution in [0.2, 0.25) is 0 Å². The summed E-state index contributed by atoms with van der Waals surface area (Å²) < 4.78 is 33.7. The monoisotopic (exact) mass is 474 g/mol. The van der Waals surface area contributed by atoms with E-state index < -0.39 is 11.6 Å². The number of benzene rings is 2. The third-order valence-electron chi connectivity index (χ3n) is 5.78. The van der Waals surface area contributed by atoms with Crippen molar-refractivity contribution in [2.24, 2.45) is 0 Å². The third-order valence-corrected chi connectivity index (χ3v) is 5.78. The van der Waals surface area contributed by atoms with E-state index in [2.05, 4.69) is 30.9 Å². The molecule has 3 aromatic heterocycles. The van der Waals surface area contributed by atoms with Gasteiger partial charge < -0.3 is 9.73 Å². The maximum atomic E-state index is 13.9. The van der Waals surface area contributed by atoms with Crippen molar-refractivity contribution >= 4 is 16.7 Å². The van der Waals surface area contributed by atoms with Gasteiger partial charge >= 0.3 is 0 Å². The standard InChI is InChI=1S/C25H20F2N6O2/c1-12-9-16(14(3)29-20-5-4-8-28-21(20)25-30-32-33-31-25)24-17(10-12)22(34)13(2)23(35-24)15-6-7-18(26)19(27)11-15/h4-11,14,29H,1-3H3,(H,30,31,32,33)/t14-/m1/s1. The fraction of sp³-hybridized carbons (Fsp3) is 0.160. The van der Waals surface area contributed by atoms with Gasteiger partial charge in [-0.05, 0) is 67.9 Å². The Morgan fingerprint density at radius 3 is 2.66 bits per heavy atom. The second kappa shape index (κ2) is 8.71. The van der Waals surface area contributed by atoms with Crippen molar-refractivity contribution in [1.29, 1.82) is 0 Å². The van der Waals surface area contributed by atoms with Gasteiger partial charge in [-0.3, -0.25) is 9.78 Å². The average molecular weight is 474 g/mol. The lowest BCUT2D eigenvalue weighted by Crippen LogP contribution is -2.13. The first-order chi connectivity index (χ1) is 16.8. The van der Waals surface area contributed by atoms with Crippen LogP contribution >= 0.6 is 0 Å². The summed E-state index contributed by atoms with van der Waals surface area (Å²) in [5, 5.41) is 17.8. The molecule has 0 aliphatic rings. The van der Waals surface area contributed by atoms with E-state index in [-0.39, 0.29) is 22.8 Å². The fourth-order valence-electron chi connectivity index (χ4n) is 4.08. The Bertz CT molecular complexity index is 1620. The van der Waals surface area contributed by atoms with Gasteiger partial charge in [0.05, 0.1) is 17.1 Å². The molecule has 0 saturated carbocycles. The highest BCUT2D eigenvalue weighted by atomic mass is 19.2. The number of nitrogens with zero attached hydrogens (tertiary/aromatic N) is 4. The molecule has 0 spiro atoms. The van der Waals surface area contributed by atoms with E-state index >= 15 is 0 Å². The van der Waals surface area contributed by atoms with Gasteiger partial charge in [0.1, 0.15) is 17.0 Å². The largest absolute Gasteiger partial charge is 0.455 e. The lowest BCUT2D eigenvalue weighted by atomic mass is 9.98. The van der Waals surface area contributed by atoms with Gasteiger partial charge in [-0.2, -0.15) is 5.21 Å². The Morgan fingerprint density at radius 2 is 1.91 bits per heavy atom. The molecule has 35 heavy (non-hydrogen) atoms. The number of anilines is 1. The Kier molecular flexibility index (Phi) is 5.56. The number of halogens is 2. The summed E-state index contributed by atoms with van der Waals surface area (Å²) in [6.45, 7) is 5.42. The quantitative estimate of drug-likeness (QED) is 0.365. The van der Waals surface area contributed by atoms with Gasteiger partial charge in [0.2, 0.25) is 5.82 Å². The van der Waals surface area contributed by atoms with Crippen molar-refractivity contribution in [3.8, 4) is 22.8 Å². The highest BCUT2D eigenvalue weighted by molar-refractivity contribution is 5.85. The lowest BCUT2D eigenvalue weighted by Gasteiger charge is -2.19. The molecule has 0 saturated heterocycles. The Morgan fingerprint density at radius 1 is 1.09 bits per heavy atom. The summed E-state index contributed by atoms with van der Waals surface area (Å²) in [4.78, 5) is 17.6. The number of hydrogen-bond acceptors (Lipinski definition) is 7. The van der Waals surface area contributed by atoms with Crippen LogP contribution in [-0.2, 0) is 0 Å². The summed E-state index contributed by atoms with van der Waals surface area (Å²) >= 11 is 0. The number of tetrazole rings is 1. The molecule has 0 radical (unpaired) electrons. The smallest absolute Gasteiger partial charge is 0.225 e. The van der Waals surface area contributed by atoms with E-state index in [0.717, 1.165) is 17.7 Å². The Hall–Kier alpha value is -4.47. The van der Waals surface area contributed by atoms with Crippen LogP contribution < -0.4 is 10.7 Å². The predicted octanol–water partition coefficient (Wildman–Crippen LogP) is 5.10. The minimum absolute atomic E-state index is 0.188. The van der Waals surface area contributed by atoms with E-state index in [0.29, 0.717) is 39.3 Å². The first-order valence-corrected chi connectivity index (χ1v) is 10.8. The van der Waals surface area contributed by atoms with Crippen molar-refractivity contribution in [2.45, 2.75) is 26.8 Å². The molecule has 5 aromatic rings. The number of H-pyrrole nitrogens is 1. The van der Waals surface area contributed by atoms with Crippen molar-refractivity contribution in [1.82, 2.24) is 25.6 Å². The molecule has 10 heteroatoms. The molecule has 0 amide bonds. The number of nitrogens with one attached hydrogen (secondary N) is 2. The summed E-state index contributed by atoms with van der Waals surface area (Å²) in [7, 11) is 0. The fourth-order valence-corrected chi connectivity index (χ4v) is 4.08. The van der Waals surface area contributed by atoms with Gasteiger partial charge in [0, 0.05) is 22.9 Å². The summed E-state index contributed by atoms with van der Waals surface area (Å²) in [6, 6.07) is 10.4. The molecular formula is C25H20F2N6O2. The zero-order valence-electron chi connectivity index (χ0n) is 19.1. The molecule has 3 heterocycles. The van der Waals surface area contributed by atoms with E-state index in [1.807, 2.05) is 26.0 Å². The van der Waals surface area contributed by atoms with Crippen molar-refractivity contribution in [3.05, 3.63) is 87.2 Å². The molecule has 5 rings (SSSR count). The molecule has 0 aliphatic heterocycles. The molecule has 2 aromatic carbocycles. The van der Waals surface area contributed by atoms with Crippen LogP contribution in [0.15, 0.2) is 57.9 Å². The van der Waals surface area contributed by atoms with Crippen LogP contribution in [0.25, 0.3) is 33.8 Å². The lowest BCUT2D eigenvalue weighted by molar-refractivity contribution is 0.508. The number of fused-ring (bicyclic) bond motifs is 1. The maximum Gasteiger partial charge on any atom is 0.225 e. The highest BCUT2D eigenvalue weighted by Crippen LogP contribution is 2.33. The second-order valence-electron chi connectivity index (χ2n) is 8.25. The molecule has 0 unspecified atom stereocenters. The topological polar surface area (TPSA) is 110 Å². The van der Waals surface area contributed by atoms with Crippen LogP contribution in [0.3, 0.4) is 0 Å². The van der Waals surface area contributed by atoms with Crippen LogP contribution in [0.4, 0.5) is 14.5 Å². The number of hydrogen-bond donors (Lipinski definition) is 2. The predicted molar refractivity (Wildman–Crippen MR) is 127 cm³/mol. The number of pyridine rings is 1. The molecule has 0 bridgehead atoms. The van der Waals surface area contributed by atoms with Crippen LogP contribution in [0.1, 0.15) is 29.7 Å². The van der Waals surface area contributed by atoms with Crippen molar-refractivity contribution in [3.63, 3.8) is 0 Å². The average Bonchev–Trinajstić information content (AvgIpc) is 3.38. The molecule has 1 atom stereocenters. The Balaban J connectivity index is 1.65. The van der Waals surface area contributed by atoms with Crippen LogP contribution in [0.5, 0.6) is 0 Å². The third kappa shape index (κ3) is 4.03. The number of aryl methyl sites for hydroxylation is 1. The first kappa shape index (κ1) is 22.3. The molecule has 8 nitrogen and oxygen atoms in total. The first-order valence-electron chi connectivity index (χ1n) is 10.8. The molecule has 0 fully saturated rings. The molecule has 2 N–H and O–H groups in total.